The van der Waals surface area contributed by atoms with E-state index in [2.05, 4.69) is 26.3 Å². The van der Waals surface area contributed by atoms with Crippen LogP contribution in [0, 0.1) is 0 Å². The number of hydroxylamine groups is 1. The van der Waals surface area contributed by atoms with Gasteiger partial charge in [-0.25, -0.2) is 0 Å². The summed E-state index contributed by atoms with van der Waals surface area (Å²) < 4.78 is 0. The molecule has 0 aromatic heterocycles. The lowest BCUT2D eigenvalue weighted by Crippen LogP contribution is -2.41. The Hall–Kier alpha value is -0.410. The first-order valence-electron chi connectivity index (χ1n) is 5.43. The van der Waals surface area contributed by atoms with Gasteiger partial charge in [0.05, 0.1) is 0 Å². The summed E-state index contributed by atoms with van der Waals surface area (Å²) in [4.78, 5) is 15.9. The molecule has 0 bridgehead atoms. The summed E-state index contributed by atoms with van der Waals surface area (Å²) >= 11 is 0. The molecule has 0 heterocycles. The second kappa shape index (κ2) is 6.96. The Kier molecular flexibility index (Phi) is 6.75. The first-order valence-corrected chi connectivity index (χ1v) is 5.43. The predicted octanol–water partition coefficient (Wildman–Crippen LogP) is 2.45. The Morgan fingerprint density at radius 2 is 2.00 bits per heavy atom. The molecule has 0 rings (SSSR count). The minimum Gasteiger partial charge on any atom is -0.300 e. The van der Waals surface area contributed by atoms with Gasteiger partial charge in [-0.05, 0) is 26.7 Å². The smallest absolute Gasteiger partial charge is 0.150 e. The molecule has 0 radical (unpaired) electrons. The minimum absolute atomic E-state index is 0.0518. The van der Waals surface area contributed by atoms with Gasteiger partial charge in [0.2, 0.25) is 0 Å². The van der Waals surface area contributed by atoms with Crippen molar-refractivity contribution in [2.24, 2.45) is 0 Å². The van der Waals surface area contributed by atoms with Crippen molar-refractivity contribution >= 4 is 6.29 Å². The second-order valence-electron chi connectivity index (χ2n) is 4.32. The van der Waals surface area contributed by atoms with Gasteiger partial charge in [-0.1, -0.05) is 26.7 Å². The first kappa shape index (κ1) is 13.6. The SMILES string of the molecule is CCCC(C=O)ONC(C)(C)CCC. The van der Waals surface area contributed by atoms with Gasteiger partial charge >= 0.3 is 0 Å². The number of aldehydes is 1. The molecule has 0 aromatic rings. The molecule has 84 valence electrons. The molecular weight excluding hydrogens is 178 g/mol. The zero-order chi connectivity index (χ0) is 11.0. The lowest BCUT2D eigenvalue weighted by atomic mass is 10.0. The van der Waals surface area contributed by atoms with Gasteiger partial charge in [0.1, 0.15) is 6.10 Å². The molecule has 0 saturated carbocycles. The molecular formula is C11H23NO2. The lowest BCUT2D eigenvalue weighted by Gasteiger charge is -2.26. The fourth-order valence-electron chi connectivity index (χ4n) is 1.35. The highest BCUT2D eigenvalue weighted by molar-refractivity contribution is 5.55. The number of hydrogen-bond acceptors (Lipinski definition) is 3. The van der Waals surface area contributed by atoms with E-state index in [4.69, 9.17) is 4.84 Å². The van der Waals surface area contributed by atoms with Crippen LogP contribution in [0.3, 0.4) is 0 Å². The lowest BCUT2D eigenvalue weighted by molar-refractivity contribution is -0.129. The quantitative estimate of drug-likeness (QED) is 0.484. The van der Waals surface area contributed by atoms with Gasteiger partial charge in [0.15, 0.2) is 6.29 Å². The standard InChI is InChI=1S/C11H23NO2/c1-5-7-10(9-13)14-12-11(3,4)8-6-2/h9-10,12H,5-8H2,1-4H3. The third kappa shape index (κ3) is 6.11. The Bertz CT molecular complexity index is 157. The maximum Gasteiger partial charge on any atom is 0.150 e. The van der Waals surface area contributed by atoms with Gasteiger partial charge in [-0.3, -0.25) is 4.84 Å². The normalized spacial score (nSPS) is 14.0. The molecule has 0 fully saturated rings. The van der Waals surface area contributed by atoms with Gasteiger partial charge in [0, 0.05) is 5.54 Å². The largest absolute Gasteiger partial charge is 0.300 e. The zero-order valence-electron chi connectivity index (χ0n) is 9.80. The molecule has 0 aliphatic heterocycles. The first-order chi connectivity index (χ1) is 6.55. The summed E-state index contributed by atoms with van der Waals surface area (Å²) in [5.41, 5.74) is 2.91. The fraction of sp³-hybridized carbons (Fsp3) is 0.909. The summed E-state index contributed by atoms with van der Waals surface area (Å²) in [6.07, 6.45) is 4.42. The number of rotatable bonds is 8. The molecule has 3 heteroatoms. The summed E-state index contributed by atoms with van der Waals surface area (Å²) in [6, 6.07) is 0. The number of hydrogen-bond donors (Lipinski definition) is 1. The van der Waals surface area contributed by atoms with E-state index in [0.29, 0.717) is 0 Å². The van der Waals surface area contributed by atoms with E-state index in [0.717, 1.165) is 32.0 Å². The van der Waals surface area contributed by atoms with Crippen LogP contribution in [-0.4, -0.2) is 17.9 Å². The van der Waals surface area contributed by atoms with E-state index < -0.39 is 0 Å². The van der Waals surface area contributed by atoms with Crippen LogP contribution in [0.1, 0.15) is 53.4 Å². The molecule has 1 N–H and O–H groups in total. The zero-order valence-corrected chi connectivity index (χ0v) is 9.80. The van der Waals surface area contributed by atoms with Gasteiger partial charge in [0.25, 0.3) is 0 Å². The van der Waals surface area contributed by atoms with Crippen LogP contribution in [0.2, 0.25) is 0 Å². The maximum absolute atomic E-state index is 10.6. The van der Waals surface area contributed by atoms with Crippen molar-refractivity contribution < 1.29 is 9.63 Å². The third-order valence-electron chi connectivity index (χ3n) is 2.09. The summed E-state index contributed by atoms with van der Waals surface area (Å²) in [7, 11) is 0. The van der Waals surface area contributed by atoms with E-state index in [1.165, 1.54) is 0 Å². The molecule has 14 heavy (non-hydrogen) atoms. The molecule has 0 spiro atoms. The molecule has 3 nitrogen and oxygen atoms in total. The highest BCUT2D eigenvalue weighted by Crippen LogP contribution is 2.11. The summed E-state index contributed by atoms with van der Waals surface area (Å²) in [5, 5.41) is 0. The van der Waals surface area contributed by atoms with E-state index in [1.54, 1.807) is 0 Å². The van der Waals surface area contributed by atoms with Crippen molar-refractivity contribution in [2.45, 2.75) is 65.0 Å². The Morgan fingerprint density at radius 3 is 2.43 bits per heavy atom. The van der Waals surface area contributed by atoms with Crippen molar-refractivity contribution in [3.05, 3.63) is 0 Å². The predicted molar refractivity (Wildman–Crippen MR) is 58.0 cm³/mol. The highest BCUT2D eigenvalue weighted by Gasteiger charge is 2.18. The van der Waals surface area contributed by atoms with Crippen LogP contribution in [-0.2, 0) is 9.63 Å². The topological polar surface area (TPSA) is 38.3 Å². The van der Waals surface area contributed by atoms with Crippen LogP contribution in [0.5, 0.6) is 0 Å². The van der Waals surface area contributed by atoms with Crippen LogP contribution in [0.25, 0.3) is 0 Å². The van der Waals surface area contributed by atoms with Crippen molar-refractivity contribution in [2.75, 3.05) is 0 Å². The Morgan fingerprint density at radius 1 is 1.36 bits per heavy atom. The van der Waals surface area contributed by atoms with Crippen LogP contribution in [0.15, 0.2) is 0 Å². The second-order valence-corrected chi connectivity index (χ2v) is 4.32. The average Bonchev–Trinajstić information content (AvgIpc) is 2.12. The molecule has 0 aliphatic rings. The molecule has 1 unspecified atom stereocenters. The van der Waals surface area contributed by atoms with Gasteiger partial charge in [-0.15, -0.1) is 0 Å². The number of carbonyl (C=O) groups is 1. The van der Waals surface area contributed by atoms with Gasteiger partial charge in [-0.2, -0.15) is 5.48 Å². The average molecular weight is 201 g/mol. The molecule has 0 saturated heterocycles. The van der Waals surface area contributed by atoms with Crippen LogP contribution < -0.4 is 5.48 Å². The summed E-state index contributed by atoms with van der Waals surface area (Å²) in [5.74, 6) is 0. The molecule has 1 atom stereocenters. The Balaban J connectivity index is 3.82. The van der Waals surface area contributed by atoms with E-state index in [1.807, 2.05) is 6.92 Å². The minimum atomic E-state index is -0.309. The van der Waals surface area contributed by atoms with Crippen molar-refractivity contribution in [1.82, 2.24) is 5.48 Å². The van der Waals surface area contributed by atoms with E-state index in [-0.39, 0.29) is 11.6 Å². The Labute approximate surface area is 87.2 Å². The molecule has 0 amide bonds. The molecule has 0 aromatic carbocycles. The van der Waals surface area contributed by atoms with Crippen LogP contribution >= 0.6 is 0 Å². The highest BCUT2D eigenvalue weighted by atomic mass is 16.7. The number of carbonyl (C=O) groups excluding carboxylic acids is 1. The van der Waals surface area contributed by atoms with E-state index in [9.17, 15) is 4.79 Å². The van der Waals surface area contributed by atoms with Crippen molar-refractivity contribution in [3.8, 4) is 0 Å². The molecule has 0 aliphatic carbocycles. The van der Waals surface area contributed by atoms with Crippen molar-refractivity contribution in [1.29, 1.82) is 0 Å². The fourth-order valence-corrected chi connectivity index (χ4v) is 1.35. The maximum atomic E-state index is 10.6. The van der Waals surface area contributed by atoms with Gasteiger partial charge < -0.3 is 4.79 Å². The summed E-state index contributed by atoms with van der Waals surface area (Å²) in [6.45, 7) is 8.32. The van der Waals surface area contributed by atoms with Crippen LogP contribution in [0.4, 0.5) is 0 Å². The van der Waals surface area contributed by atoms with Crippen molar-refractivity contribution in [3.63, 3.8) is 0 Å². The number of nitrogens with one attached hydrogen (secondary N) is 1. The third-order valence-corrected chi connectivity index (χ3v) is 2.09. The van der Waals surface area contributed by atoms with E-state index >= 15 is 0 Å². The monoisotopic (exact) mass is 201 g/mol.